The van der Waals surface area contributed by atoms with E-state index in [9.17, 15) is 0 Å². The van der Waals surface area contributed by atoms with E-state index in [1.165, 1.54) is 13.0 Å². The number of rotatable bonds is 4. The van der Waals surface area contributed by atoms with Crippen LogP contribution in [0.1, 0.15) is 13.3 Å². The van der Waals surface area contributed by atoms with Gasteiger partial charge in [-0.1, -0.05) is 0 Å². The fraction of sp³-hybridized carbons (Fsp3) is 1.00. The summed E-state index contributed by atoms with van der Waals surface area (Å²) in [4.78, 5) is 3.11. The maximum Gasteiger partial charge on any atom is 0.0896 e. The summed E-state index contributed by atoms with van der Waals surface area (Å²) in [5.74, 6) is 0. The Morgan fingerprint density at radius 1 is 1.10 bits per heavy atom. The Balaban J connectivity index is 3.30. The predicted molar refractivity (Wildman–Crippen MR) is 44.6 cm³/mol. The molecule has 0 aromatic heterocycles. The minimum atomic E-state index is 0.801. The van der Waals surface area contributed by atoms with Gasteiger partial charge in [0.25, 0.3) is 0 Å². The van der Waals surface area contributed by atoms with Gasteiger partial charge in [0.2, 0.25) is 0 Å². The first-order chi connectivity index (χ1) is 4.54. The largest absolute Gasteiger partial charge is 0.340 e. The van der Waals surface area contributed by atoms with Gasteiger partial charge in [-0.2, -0.15) is 0 Å². The van der Waals surface area contributed by atoms with Gasteiger partial charge in [0.05, 0.1) is 40.8 Å². The lowest BCUT2D eigenvalue weighted by Gasteiger charge is -2.17. The second-order valence-corrected chi connectivity index (χ2v) is 3.72. The molecule has 0 saturated heterocycles. The Morgan fingerprint density at radius 2 is 1.60 bits per heavy atom. The third-order valence-electron chi connectivity index (χ3n) is 2.06. The standard InChI is InChI=1S/C8H20N2/c1-8(10(4)5)6-7-9(2)3/h8H,6-7H2,1-5H3/p+2/t8-/m0/s1. The van der Waals surface area contributed by atoms with Crippen molar-refractivity contribution in [2.24, 2.45) is 0 Å². The van der Waals surface area contributed by atoms with E-state index in [0.717, 1.165) is 6.04 Å². The highest BCUT2D eigenvalue weighted by atomic mass is 15.1. The van der Waals surface area contributed by atoms with Crippen molar-refractivity contribution in [3.63, 3.8) is 0 Å². The molecule has 0 fully saturated rings. The summed E-state index contributed by atoms with van der Waals surface area (Å²) in [6, 6.07) is 0.801. The molecular weight excluding hydrogens is 124 g/mol. The molecule has 0 aromatic rings. The van der Waals surface area contributed by atoms with Gasteiger partial charge in [-0.25, -0.2) is 0 Å². The van der Waals surface area contributed by atoms with Gasteiger partial charge in [0.1, 0.15) is 0 Å². The third kappa shape index (κ3) is 4.77. The molecule has 2 heteroatoms. The summed E-state index contributed by atoms with van der Waals surface area (Å²) in [5, 5.41) is 0. The van der Waals surface area contributed by atoms with E-state index in [4.69, 9.17) is 0 Å². The van der Waals surface area contributed by atoms with E-state index in [-0.39, 0.29) is 0 Å². The van der Waals surface area contributed by atoms with Crippen LogP contribution < -0.4 is 9.80 Å². The molecule has 0 spiro atoms. The molecule has 0 heterocycles. The SMILES string of the molecule is C[C@@H](CC[NH+](C)C)[NH+](C)C. The van der Waals surface area contributed by atoms with Gasteiger partial charge in [-0.05, 0) is 6.92 Å². The summed E-state index contributed by atoms with van der Waals surface area (Å²) >= 11 is 0. The second kappa shape index (κ2) is 4.69. The Labute approximate surface area is 64.8 Å². The number of quaternary nitrogens is 2. The van der Waals surface area contributed by atoms with Gasteiger partial charge in [0, 0.05) is 6.42 Å². The highest BCUT2D eigenvalue weighted by Crippen LogP contribution is 1.78. The summed E-state index contributed by atoms with van der Waals surface area (Å²) in [6.07, 6.45) is 1.32. The van der Waals surface area contributed by atoms with E-state index in [1.807, 2.05) is 0 Å². The van der Waals surface area contributed by atoms with Gasteiger partial charge < -0.3 is 9.80 Å². The molecule has 2 N–H and O–H groups in total. The first kappa shape index (κ1) is 9.92. The van der Waals surface area contributed by atoms with Crippen molar-refractivity contribution < 1.29 is 9.80 Å². The molecule has 0 rings (SSSR count). The number of hydrogen-bond donors (Lipinski definition) is 2. The van der Waals surface area contributed by atoms with Crippen LogP contribution in [0.2, 0.25) is 0 Å². The summed E-state index contributed by atoms with van der Waals surface area (Å²) in [7, 11) is 8.85. The highest BCUT2D eigenvalue weighted by Gasteiger charge is 2.08. The van der Waals surface area contributed by atoms with Crippen LogP contribution in [0.15, 0.2) is 0 Å². The lowest BCUT2D eigenvalue weighted by Crippen LogP contribution is -3.11. The van der Waals surface area contributed by atoms with Crippen molar-refractivity contribution in [2.45, 2.75) is 19.4 Å². The summed E-state index contributed by atoms with van der Waals surface area (Å²) in [6.45, 7) is 3.59. The van der Waals surface area contributed by atoms with Crippen LogP contribution in [0, 0.1) is 0 Å². The minimum Gasteiger partial charge on any atom is -0.340 e. The molecule has 62 valence electrons. The Bertz CT molecular complexity index is 79.3. The summed E-state index contributed by atoms with van der Waals surface area (Å²) < 4.78 is 0. The number of nitrogens with one attached hydrogen (secondary N) is 2. The minimum absolute atomic E-state index is 0.801. The third-order valence-corrected chi connectivity index (χ3v) is 2.06. The van der Waals surface area contributed by atoms with Crippen LogP contribution in [0.5, 0.6) is 0 Å². The number of hydrogen-bond acceptors (Lipinski definition) is 0. The van der Waals surface area contributed by atoms with E-state index in [0.29, 0.717) is 0 Å². The lowest BCUT2D eigenvalue weighted by atomic mass is 10.2. The predicted octanol–water partition coefficient (Wildman–Crippen LogP) is -1.95. The first-order valence-corrected chi connectivity index (χ1v) is 4.13. The Kier molecular flexibility index (Phi) is 4.65. The van der Waals surface area contributed by atoms with E-state index in [1.54, 1.807) is 9.80 Å². The zero-order valence-corrected chi connectivity index (χ0v) is 7.99. The monoisotopic (exact) mass is 146 g/mol. The molecule has 0 bridgehead atoms. The normalized spacial score (nSPS) is 14.7. The van der Waals surface area contributed by atoms with Crippen LogP contribution >= 0.6 is 0 Å². The van der Waals surface area contributed by atoms with Crippen LogP contribution in [0.4, 0.5) is 0 Å². The van der Waals surface area contributed by atoms with Crippen LogP contribution in [-0.4, -0.2) is 40.8 Å². The van der Waals surface area contributed by atoms with Crippen LogP contribution in [0.3, 0.4) is 0 Å². The quantitative estimate of drug-likeness (QED) is 0.456. The molecule has 0 saturated carbocycles. The van der Waals surface area contributed by atoms with Crippen LogP contribution in [-0.2, 0) is 0 Å². The molecular formula is C8H22N2+2. The molecule has 0 aliphatic rings. The van der Waals surface area contributed by atoms with Crippen molar-refractivity contribution in [3.8, 4) is 0 Å². The van der Waals surface area contributed by atoms with Crippen molar-refractivity contribution >= 4 is 0 Å². The average molecular weight is 146 g/mol. The molecule has 10 heavy (non-hydrogen) atoms. The molecule has 1 atom stereocenters. The maximum absolute atomic E-state index is 2.30. The second-order valence-electron chi connectivity index (χ2n) is 3.72. The fourth-order valence-corrected chi connectivity index (χ4v) is 0.794. The van der Waals surface area contributed by atoms with E-state index in [2.05, 4.69) is 35.1 Å². The van der Waals surface area contributed by atoms with Crippen molar-refractivity contribution in [3.05, 3.63) is 0 Å². The zero-order valence-electron chi connectivity index (χ0n) is 7.99. The highest BCUT2D eigenvalue weighted by molar-refractivity contribution is 4.42. The molecule has 2 nitrogen and oxygen atoms in total. The molecule has 0 aliphatic heterocycles. The average Bonchev–Trinajstić information content (AvgIpc) is 1.82. The van der Waals surface area contributed by atoms with Gasteiger partial charge in [-0.15, -0.1) is 0 Å². The lowest BCUT2D eigenvalue weighted by molar-refractivity contribution is -0.896. The van der Waals surface area contributed by atoms with Crippen molar-refractivity contribution in [1.82, 2.24) is 0 Å². The molecule has 0 radical (unpaired) electrons. The molecule has 0 amide bonds. The topological polar surface area (TPSA) is 8.88 Å². The van der Waals surface area contributed by atoms with E-state index >= 15 is 0 Å². The maximum atomic E-state index is 2.30. The summed E-state index contributed by atoms with van der Waals surface area (Å²) in [5.41, 5.74) is 0. The Hall–Kier alpha value is -0.0800. The molecule has 0 aromatic carbocycles. The van der Waals surface area contributed by atoms with Gasteiger partial charge in [-0.3, -0.25) is 0 Å². The van der Waals surface area contributed by atoms with Crippen molar-refractivity contribution in [1.29, 1.82) is 0 Å². The smallest absolute Gasteiger partial charge is 0.0896 e. The van der Waals surface area contributed by atoms with Crippen molar-refractivity contribution in [2.75, 3.05) is 34.7 Å². The molecule has 0 unspecified atom stereocenters. The molecule has 0 aliphatic carbocycles. The van der Waals surface area contributed by atoms with E-state index < -0.39 is 0 Å². The fourth-order valence-electron chi connectivity index (χ4n) is 0.794. The Morgan fingerprint density at radius 3 is 1.90 bits per heavy atom. The van der Waals surface area contributed by atoms with Crippen LogP contribution in [0.25, 0.3) is 0 Å². The van der Waals surface area contributed by atoms with Gasteiger partial charge in [0.15, 0.2) is 0 Å². The first-order valence-electron chi connectivity index (χ1n) is 4.13. The van der Waals surface area contributed by atoms with Gasteiger partial charge >= 0.3 is 0 Å². The zero-order chi connectivity index (χ0) is 8.15.